The van der Waals surface area contributed by atoms with Gasteiger partial charge in [-0.1, -0.05) is 38.5 Å². The van der Waals surface area contributed by atoms with Gasteiger partial charge < -0.3 is 9.84 Å². The van der Waals surface area contributed by atoms with Crippen LogP contribution in [0.15, 0.2) is 35.9 Å². The maximum Gasteiger partial charge on any atom is 0.155 e. The number of nitrogens with zero attached hydrogens (tertiary/aromatic N) is 1. The smallest absolute Gasteiger partial charge is 0.155 e. The first kappa shape index (κ1) is 28.9. The summed E-state index contributed by atoms with van der Waals surface area (Å²) in [4.78, 5) is 14.6. The number of benzene rings is 1. The van der Waals surface area contributed by atoms with Crippen molar-refractivity contribution in [1.29, 1.82) is 0 Å². The van der Waals surface area contributed by atoms with Crippen LogP contribution in [0.4, 0.5) is 0 Å². The highest BCUT2D eigenvalue weighted by Gasteiger charge is 2.62. The van der Waals surface area contributed by atoms with E-state index in [1.54, 1.807) is 0 Å². The van der Waals surface area contributed by atoms with Crippen LogP contribution in [0.25, 0.3) is 0 Å². The van der Waals surface area contributed by atoms with Crippen molar-refractivity contribution in [1.82, 2.24) is 4.90 Å². The molecule has 1 N–H and O–H groups in total. The summed E-state index contributed by atoms with van der Waals surface area (Å²) in [7, 11) is 2.27. The standard InChI is InChI=1S/C35H53NO3/c1-6-26(7-2)36(5)33(8-3)25-10-9-11-28(23-25)39-21-20-35-19-16-30-29-15-13-27(37)22-24(29)12-14-31(30)32(35)17-18-34(35,4)38/h9-11,22-23,26,29-33,38H,6-8,12-21H2,1-5H3/t29?,30?,31?,32?,33?,34-,35+/m0/s1. The summed E-state index contributed by atoms with van der Waals surface area (Å²) < 4.78 is 6.49. The van der Waals surface area contributed by atoms with E-state index >= 15 is 0 Å². The minimum atomic E-state index is -0.627. The first-order valence-corrected chi connectivity index (χ1v) is 16.1. The van der Waals surface area contributed by atoms with E-state index in [1.807, 2.05) is 6.08 Å². The van der Waals surface area contributed by atoms with Crippen LogP contribution in [-0.2, 0) is 4.79 Å². The second-order valence-electron chi connectivity index (χ2n) is 13.5. The van der Waals surface area contributed by atoms with Gasteiger partial charge in [0.25, 0.3) is 0 Å². The van der Waals surface area contributed by atoms with Crippen LogP contribution in [0, 0.1) is 29.1 Å². The Morgan fingerprint density at radius 1 is 1.03 bits per heavy atom. The van der Waals surface area contributed by atoms with Crippen molar-refractivity contribution in [2.75, 3.05) is 13.7 Å². The van der Waals surface area contributed by atoms with E-state index in [0.29, 0.717) is 48.1 Å². The minimum absolute atomic E-state index is 0.0564. The Bertz CT molecular complexity index is 1040. The third-order valence-electron chi connectivity index (χ3n) is 12.0. The predicted octanol–water partition coefficient (Wildman–Crippen LogP) is 7.90. The summed E-state index contributed by atoms with van der Waals surface area (Å²) >= 11 is 0. The van der Waals surface area contributed by atoms with Crippen LogP contribution in [0.1, 0.15) is 116 Å². The molecule has 0 spiro atoms. The van der Waals surface area contributed by atoms with Crippen molar-refractivity contribution < 1.29 is 14.6 Å². The molecule has 216 valence electrons. The summed E-state index contributed by atoms with van der Waals surface area (Å²) in [5, 5.41) is 11.8. The van der Waals surface area contributed by atoms with Gasteiger partial charge >= 0.3 is 0 Å². The highest BCUT2D eigenvalue weighted by molar-refractivity contribution is 5.91. The van der Waals surface area contributed by atoms with E-state index < -0.39 is 5.60 Å². The molecule has 0 heterocycles. The zero-order valence-electron chi connectivity index (χ0n) is 25.3. The van der Waals surface area contributed by atoms with E-state index in [0.717, 1.165) is 57.1 Å². The second-order valence-corrected chi connectivity index (χ2v) is 13.5. The van der Waals surface area contributed by atoms with Gasteiger partial charge in [0.15, 0.2) is 5.78 Å². The number of carbonyl (C=O) groups is 1. The summed E-state index contributed by atoms with van der Waals surface area (Å²) in [6.07, 6.45) is 14.7. The average molecular weight is 536 g/mol. The van der Waals surface area contributed by atoms with Crippen LogP contribution in [-0.4, -0.2) is 41.1 Å². The number of carbonyl (C=O) groups excluding carboxylic acids is 1. The minimum Gasteiger partial charge on any atom is -0.494 e. The molecular formula is C35H53NO3. The van der Waals surface area contributed by atoms with E-state index in [4.69, 9.17) is 4.74 Å². The van der Waals surface area contributed by atoms with Crippen molar-refractivity contribution in [3.8, 4) is 5.75 Å². The lowest BCUT2D eigenvalue weighted by Gasteiger charge is -2.56. The number of ketones is 1. The number of fused-ring (bicyclic) bond motifs is 5. The molecule has 1 aromatic rings. The number of hydrogen-bond acceptors (Lipinski definition) is 4. The van der Waals surface area contributed by atoms with Gasteiger partial charge in [-0.15, -0.1) is 0 Å². The van der Waals surface area contributed by atoms with Crippen LogP contribution in [0.3, 0.4) is 0 Å². The van der Waals surface area contributed by atoms with Crippen molar-refractivity contribution in [2.45, 2.75) is 122 Å². The molecule has 3 saturated carbocycles. The lowest BCUT2D eigenvalue weighted by molar-refractivity contribution is -0.128. The first-order valence-electron chi connectivity index (χ1n) is 16.1. The van der Waals surface area contributed by atoms with Gasteiger partial charge in [-0.25, -0.2) is 0 Å². The van der Waals surface area contributed by atoms with E-state index in [-0.39, 0.29) is 5.41 Å². The van der Waals surface area contributed by atoms with Crippen molar-refractivity contribution >= 4 is 5.78 Å². The van der Waals surface area contributed by atoms with Gasteiger partial charge in [0.05, 0.1) is 12.2 Å². The maximum atomic E-state index is 12.1. The molecule has 0 bridgehead atoms. The Balaban J connectivity index is 1.28. The molecule has 4 aliphatic rings. The second kappa shape index (κ2) is 11.7. The van der Waals surface area contributed by atoms with Crippen molar-refractivity contribution in [2.24, 2.45) is 29.1 Å². The Labute approximate surface area is 237 Å². The quantitative estimate of drug-likeness (QED) is 0.331. The zero-order chi connectivity index (χ0) is 27.8. The van der Waals surface area contributed by atoms with Gasteiger partial charge in [0.2, 0.25) is 0 Å². The molecule has 4 aliphatic carbocycles. The van der Waals surface area contributed by atoms with Gasteiger partial charge in [-0.2, -0.15) is 0 Å². The highest BCUT2D eigenvalue weighted by atomic mass is 16.5. The van der Waals surface area contributed by atoms with Crippen LogP contribution in [0.5, 0.6) is 5.75 Å². The third kappa shape index (κ3) is 5.25. The monoisotopic (exact) mass is 535 g/mol. The molecule has 4 nitrogen and oxygen atoms in total. The summed E-state index contributed by atoms with van der Waals surface area (Å²) in [5.74, 6) is 3.84. The molecule has 3 fully saturated rings. The van der Waals surface area contributed by atoms with Gasteiger partial charge in [-0.05, 0) is 132 Å². The molecule has 7 atom stereocenters. The SMILES string of the molecule is CCC(CC)N(C)C(CC)c1cccc(OCC[C@]23CCC4C5CCC(=O)C=C5CCC4C2CC[C@]3(C)O)c1. The lowest BCUT2D eigenvalue weighted by atomic mass is 9.49. The fraction of sp³-hybridized carbons (Fsp3) is 0.743. The maximum absolute atomic E-state index is 12.1. The van der Waals surface area contributed by atoms with E-state index in [2.05, 4.69) is 63.9 Å². The molecule has 0 amide bonds. The van der Waals surface area contributed by atoms with E-state index in [9.17, 15) is 9.90 Å². The number of hydrogen-bond donors (Lipinski definition) is 1. The number of aliphatic hydroxyl groups is 1. The zero-order valence-corrected chi connectivity index (χ0v) is 25.3. The molecule has 0 saturated heterocycles. The molecule has 5 unspecified atom stereocenters. The summed E-state index contributed by atoms with van der Waals surface area (Å²) in [6.45, 7) is 9.63. The topological polar surface area (TPSA) is 49.8 Å². The summed E-state index contributed by atoms with van der Waals surface area (Å²) in [6, 6.07) is 9.75. The van der Waals surface area contributed by atoms with Crippen molar-refractivity contribution in [3.05, 3.63) is 41.5 Å². The van der Waals surface area contributed by atoms with E-state index in [1.165, 1.54) is 36.8 Å². The van der Waals surface area contributed by atoms with Gasteiger partial charge in [-0.3, -0.25) is 9.69 Å². The number of rotatable bonds is 10. The number of allylic oxidation sites excluding steroid dienone is 1. The predicted molar refractivity (Wildman–Crippen MR) is 159 cm³/mol. The molecule has 0 aliphatic heterocycles. The molecular weight excluding hydrogens is 482 g/mol. The van der Waals surface area contributed by atoms with Crippen molar-refractivity contribution in [3.63, 3.8) is 0 Å². The fourth-order valence-corrected chi connectivity index (χ4v) is 9.86. The molecule has 0 radical (unpaired) electrons. The molecule has 39 heavy (non-hydrogen) atoms. The Hall–Kier alpha value is -1.65. The molecule has 1 aromatic carbocycles. The fourth-order valence-electron chi connectivity index (χ4n) is 9.86. The normalized spacial score (nSPS) is 34.9. The Morgan fingerprint density at radius 2 is 1.82 bits per heavy atom. The van der Waals surface area contributed by atoms with Crippen LogP contribution in [0.2, 0.25) is 0 Å². The summed E-state index contributed by atoms with van der Waals surface area (Å²) in [5.41, 5.74) is 2.09. The molecule has 0 aromatic heterocycles. The third-order valence-corrected chi connectivity index (χ3v) is 12.0. The Kier molecular flexibility index (Phi) is 8.65. The average Bonchev–Trinajstić information content (AvgIpc) is 3.20. The van der Waals surface area contributed by atoms with Crippen LogP contribution < -0.4 is 4.74 Å². The Morgan fingerprint density at radius 3 is 2.56 bits per heavy atom. The number of ether oxygens (including phenoxy) is 1. The largest absolute Gasteiger partial charge is 0.494 e. The highest BCUT2D eigenvalue weighted by Crippen LogP contribution is 2.66. The first-order chi connectivity index (χ1) is 18.7. The van der Waals surface area contributed by atoms with Gasteiger partial charge in [0.1, 0.15) is 5.75 Å². The molecule has 4 heteroatoms. The lowest BCUT2D eigenvalue weighted by Crippen LogP contribution is -2.53. The molecule has 5 rings (SSSR count). The van der Waals surface area contributed by atoms with Crippen LogP contribution >= 0.6 is 0 Å². The van der Waals surface area contributed by atoms with Gasteiger partial charge in [0, 0.05) is 23.9 Å².